The monoisotopic (exact) mass is 318 g/mol. The van der Waals surface area contributed by atoms with Crippen LogP contribution in [0.4, 0.5) is 11.4 Å². The first kappa shape index (κ1) is 17.0. The molecule has 3 N–H and O–H groups in total. The van der Waals surface area contributed by atoms with Crippen molar-refractivity contribution in [2.24, 2.45) is 11.8 Å². The van der Waals surface area contributed by atoms with Crippen molar-refractivity contribution in [1.29, 1.82) is 0 Å². The van der Waals surface area contributed by atoms with E-state index in [1.807, 2.05) is 0 Å². The highest BCUT2D eigenvalue weighted by molar-refractivity contribution is 5.96. The van der Waals surface area contributed by atoms with Crippen molar-refractivity contribution in [3.8, 4) is 0 Å². The number of carboxylic acid groups (broad SMARTS) is 1. The van der Waals surface area contributed by atoms with Gasteiger partial charge in [0.05, 0.1) is 11.8 Å². The minimum Gasteiger partial charge on any atom is -0.481 e. The zero-order valence-electron chi connectivity index (χ0n) is 13.2. The van der Waals surface area contributed by atoms with Crippen molar-refractivity contribution in [2.45, 2.75) is 39.0 Å². The summed E-state index contributed by atoms with van der Waals surface area (Å²) in [7, 11) is 0. The van der Waals surface area contributed by atoms with Crippen molar-refractivity contribution >= 4 is 29.2 Å². The third-order valence-corrected chi connectivity index (χ3v) is 4.15. The zero-order chi connectivity index (χ0) is 16.8. The van der Waals surface area contributed by atoms with E-state index < -0.39 is 17.8 Å². The van der Waals surface area contributed by atoms with E-state index in [9.17, 15) is 19.5 Å². The Labute approximate surface area is 135 Å². The van der Waals surface area contributed by atoms with Crippen molar-refractivity contribution in [1.82, 2.24) is 0 Å². The summed E-state index contributed by atoms with van der Waals surface area (Å²) in [6.45, 7) is 1.76. The van der Waals surface area contributed by atoms with Gasteiger partial charge in [-0.3, -0.25) is 14.4 Å². The lowest BCUT2D eigenvalue weighted by atomic mass is 9.78. The average Bonchev–Trinajstić information content (AvgIpc) is 2.55. The third-order valence-electron chi connectivity index (χ3n) is 4.15. The van der Waals surface area contributed by atoms with Gasteiger partial charge in [0.1, 0.15) is 0 Å². The minimum atomic E-state index is -0.909. The van der Waals surface area contributed by atoms with Crippen molar-refractivity contribution in [2.75, 3.05) is 10.6 Å². The van der Waals surface area contributed by atoms with Gasteiger partial charge in [-0.15, -0.1) is 0 Å². The van der Waals surface area contributed by atoms with Gasteiger partial charge in [-0.1, -0.05) is 25.8 Å². The molecule has 1 fully saturated rings. The molecule has 0 unspecified atom stereocenters. The number of rotatable bonds is 5. The molecule has 0 aromatic heterocycles. The van der Waals surface area contributed by atoms with E-state index in [0.29, 0.717) is 30.6 Å². The van der Waals surface area contributed by atoms with Gasteiger partial charge in [0.25, 0.3) is 0 Å². The van der Waals surface area contributed by atoms with Crippen molar-refractivity contribution in [3.63, 3.8) is 0 Å². The summed E-state index contributed by atoms with van der Waals surface area (Å²) in [5, 5.41) is 14.8. The number of benzene rings is 1. The van der Waals surface area contributed by atoms with Gasteiger partial charge in [0.15, 0.2) is 0 Å². The second kappa shape index (κ2) is 7.76. The van der Waals surface area contributed by atoms with Crippen molar-refractivity contribution in [3.05, 3.63) is 24.3 Å². The molecule has 2 rings (SSSR count). The van der Waals surface area contributed by atoms with Crippen LogP contribution in [0.15, 0.2) is 24.3 Å². The number of hydrogen-bond acceptors (Lipinski definition) is 3. The summed E-state index contributed by atoms with van der Waals surface area (Å²) in [5.41, 5.74) is 1.16. The highest BCUT2D eigenvalue weighted by Gasteiger charge is 2.35. The predicted octanol–water partition coefficient (Wildman–Crippen LogP) is 2.86. The summed E-state index contributed by atoms with van der Waals surface area (Å²) in [4.78, 5) is 35.1. The second-order valence-electron chi connectivity index (χ2n) is 5.81. The normalized spacial score (nSPS) is 20.6. The van der Waals surface area contributed by atoms with E-state index in [4.69, 9.17) is 0 Å². The minimum absolute atomic E-state index is 0.105. The molecular formula is C17H22N2O4. The first-order valence-electron chi connectivity index (χ1n) is 7.95. The third kappa shape index (κ3) is 4.55. The molecular weight excluding hydrogens is 296 g/mol. The van der Waals surface area contributed by atoms with Crippen LogP contribution in [0, 0.1) is 11.8 Å². The van der Waals surface area contributed by atoms with Gasteiger partial charge in [0.2, 0.25) is 11.8 Å². The summed E-state index contributed by atoms with van der Waals surface area (Å²) >= 11 is 0. The number of amides is 2. The Morgan fingerprint density at radius 3 is 2.30 bits per heavy atom. The van der Waals surface area contributed by atoms with Crippen LogP contribution in [0.2, 0.25) is 0 Å². The van der Waals surface area contributed by atoms with Gasteiger partial charge in [-0.05, 0) is 31.0 Å². The Balaban J connectivity index is 2.05. The first-order chi connectivity index (χ1) is 11.0. The fraction of sp³-hybridized carbons (Fsp3) is 0.471. The van der Waals surface area contributed by atoms with Crippen molar-refractivity contribution < 1.29 is 19.5 Å². The predicted molar refractivity (Wildman–Crippen MR) is 87.1 cm³/mol. The van der Waals surface area contributed by atoms with Crippen LogP contribution < -0.4 is 10.6 Å². The van der Waals surface area contributed by atoms with E-state index in [1.54, 1.807) is 31.2 Å². The molecule has 1 aliphatic carbocycles. The first-order valence-corrected chi connectivity index (χ1v) is 7.95. The molecule has 1 aromatic carbocycles. The van der Waals surface area contributed by atoms with E-state index >= 15 is 0 Å². The number of nitrogens with one attached hydrogen (secondary N) is 2. The number of carboxylic acids is 1. The van der Waals surface area contributed by atoms with Gasteiger partial charge < -0.3 is 15.7 Å². The maximum Gasteiger partial charge on any atom is 0.307 e. The van der Waals surface area contributed by atoms with Crippen LogP contribution in [0.5, 0.6) is 0 Å². The number of carbonyl (C=O) groups excluding carboxylic acids is 2. The molecule has 0 saturated heterocycles. The summed E-state index contributed by atoms with van der Waals surface area (Å²) < 4.78 is 0. The van der Waals surface area contributed by atoms with Crippen LogP contribution in [0.1, 0.15) is 39.0 Å². The Morgan fingerprint density at radius 2 is 1.70 bits per heavy atom. The van der Waals surface area contributed by atoms with Gasteiger partial charge in [-0.25, -0.2) is 0 Å². The van der Waals surface area contributed by atoms with Crippen LogP contribution >= 0.6 is 0 Å². The maximum absolute atomic E-state index is 12.4. The molecule has 2 amide bonds. The Kier molecular flexibility index (Phi) is 5.73. The molecule has 0 aliphatic heterocycles. The maximum atomic E-state index is 12.4. The Hall–Kier alpha value is -2.37. The SMILES string of the molecule is CCC(=O)Nc1cccc(NC(=O)[C@@H]2CCCC[C@@H]2C(=O)O)c1. The summed E-state index contributed by atoms with van der Waals surface area (Å²) in [6, 6.07) is 6.86. The fourth-order valence-corrected chi connectivity index (χ4v) is 2.90. The molecule has 1 aromatic rings. The van der Waals surface area contributed by atoms with E-state index in [-0.39, 0.29) is 11.8 Å². The fourth-order valence-electron chi connectivity index (χ4n) is 2.90. The Bertz CT molecular complexity index is 600. The quantitative estimate of drug-likeness (QED) is 0.778. The number of hydrogen-bond donors (Lipinski definition) is 3. The molecule has 0 bridgehead atoms. The number of anilines is 2. The smallest absolute Gasteiger partial charge is 0.307 e. The zero-order valence-corrected chi connectivity index (χ0v) is 13.2. The molecule has 1 saturated carbocycles. The molecule has 6 heteroatoms. The highest BCUT2D eigenvalue weighted by atomic mass is 16.4. The molecule has 23 heavy (non-hydrogen) atoms. The largest absolute Gasteiger partial charge is 0.481 e. The molecule has 124 valence electrons. The lowest BCUT2D eigenvalue weighted by Gasteiger charge is -2.27. The molecule has 0 spiro atoms. The summed E-state index contributed by atoms with van der Waals surface area (Å²) in [5.74, 6) is -2.40. The Morgan fingerprint density at radius 1 is 1.09 bits per heavy atom. The van der Waals surface area contributed by atoms with Gasteiger partial charge >= 0.3 is 5.97 Å². The van der Waals surface area contributed by atoms with E-state index in [1.165, 1.54) is 0 Å². The average molecular weight is 318 g/mol. The lowest BCUT2D eigenvalue weighted by Crippen LogP contribution is -2.36. The molecule has 0 radical (unpaired) electrons. The second-order valence-corrected chi connectivity index (χ2v) is 5.81. The lowest BCUT2D eigenvalue weighted by molar-refractivity contribution is -0.147. The molecule has 6 nitrogen and oxygen atoms in total. The van der Waals surface area contributed by atoms with E-state index in [2.05, 4.69) is 10.6 Å². The number of carbonyl (C=O) groups is 3. The van der Waals surface area contributed by atoms with Gasteiger partial charge in [-0.2, -0.15) is 0 Å². The topological polar surface area (TPSA) is 95.5 Å². The van der Waals surface area contributed by atoms with Crippen LogP contribution in [-0.2, 0) is 14.4 Å². The number of aliphatic carboxylic acids is 1. The van der Waals surface area contributed by atoms with Crippen LogP contribution in [0.25, 0.3) is 0 Å². The standard InChI is InChI=1S/C17H22N2O4/c1-2-15(20)18-11-6-5-7-12(10-11)19-16(21)13-8-3-4-9-14(13)17(22)23/h5-7,10,13-14H,2-4,8-9H2,1H3,(H,18,20)(H,19,21)(H,22,23)/t13-,14+/m1/s1. The molecule has 2 atom stereocenters. The molecule has 0 heterocycles. The highest BCUT2D eigenvalue weighted by Crippen LogP contribution is 2.31. The van der Waals surface area contributed by atoms with Gasteiger partial charge in [0, 0.05) is 17.8 Å². The van der Waals surface area contributed by atoms with Crippen LogP contribution in [-0.4, -0.2) is 22.9 Å². The van der Waals surface area contributed by atoms with Crippen LogP contribution in [0.3, 0.4) is 0 Å². The van der Waals surface area contributed by atoms with E-state index in [0.717, 1.165) is 12.8 Å². The molecule has 1 aliphatic rings. The summed E-state index contributed by atoms with van der Waals surface area (Å²) in [6.07, 6.45) is 3.22.